The number of benzene rings is 4. The van der Waals surface area contributed by atoms with Crippen LogP contribution >= 0.6 is 23.5 Å². The van der Waals surface area contributed by atoms with Gasteiger partial charge in [-0.15, -0.1) is 23.5 Å². The lowest BCUT2D eigenvalue weighted by Crippen LogP contribution is -2.22. The van der Waals surface area contributed by atoms with Gasteiger partial charge in [-0.25, -0.2) is 9.59 Å². The highest BCUT2D eigenvalue weighted by atomic mass is 32.2. The molecule has 0 spiro atoms. The summed E-state index contributed by atoms with van der Waals surface area (Å²) in [6, 6.07) is 22.7. The van der Waals surface area contributed by atoms with Crippen LogP contribution in [0.15, 0.2) is 82.6 Å². The largest absolute Gasteiger partial charge is 0.495 e. The maximum absolute atomic E-state index is 11.7. The van der Waals surface area contributed by atoms with E-state index in [1.54, 1.807) is 37.4 Å². The number of thioether (sulfide) groups is 2. The van der Waals surface area contributed by atoms with Crippen molar-refractivity contribution in [3.63, 3.8) is 0 Å². The van der Waals surface area contributed by atoms with E-state index in [1.165, 1.54) is 47.6 Å². The first-order chi connectivity index (χ1) is 24.3. The molecule has 8 heteroatoms. The molecule has 0 aromatic heterocycles. The summed E-state index contributed by atoms with van der Waals surface area (Å²) in [5.74, 6) is 14.7. The highest BCUT2D eigenvalue weighted by Gasteiger charge is 2.28. The van der Waals surface area contributed by atoms with Gasteiger partial charge in [-0.05, 0) is 119 Å². The van der Waals surface area contributed by atoms with Crippen molar-refractivity contribution in [3.8, 4) is 35.2 Å². The SMILES string of the molecule is COC(=O)c1ccc(C#Cc2ccc3c(c2)C(C)(C)CCS3)c(OC)c1.COc1cc(C(=O)O)ccc1C#Cc1ccc2c(c1)C(C)(C)CCS2. The van der Waals surface area contributed by atoms with Crippen molar-refractivity contribution in [3.05, 3.63) is 117 Å². The van der Waals surface area contributed by atoms with Crippen molar-refractivity contribution in [2.75, 3.05) is 32.8 Å². The Labute approximate surface area is 309 Å². The van der Waals surface area contributed by atoms with Crippen molar-refractivity contribution in [1.82, 2.24) is 0 Å². The Morgan fingerprint density at radius 1 is 0.627 bits per heavy atom. The Morgan fingerprint density at radius 2 is 1.08 bits per heavy atom. The second-order valence-corrected chi connectivity index (χ2v) is 15.8. The minimum atomic E-state index is -0.979. The molecule has 2 aliphatic rings. The molecule has 0 unspecified atom stereocenters. The van der Waals surface area contributed by atoms with Gasteiger partial charge in [0.05, 0.1) is 43.6 Å². The normalized spacial score (nSPS) is 14.7. The summed E-state index contributed by atoms with van der Waals surface area (Å²) in [6.07, 6.45) is 2.33. The van der Waals surface area contributed by atoms with Crippen LogP contribution in [0.25, 0.3) is 0 Å². The summed E-state index contributed by atoms with van der Waals surface area (Å²) in [6.45, 7) is 9.13. The zero-order valence-electron chi connectivity index (χ0n) is 30.1. The number of methoxy groups -OCH3 is 3. The van der Waals surface area contributed by atoms with E-state index in [0.717, 1.165) is 34.6 Å². The molecular weight excluding hydrogens is 677 g/mol. The van der Waals surface area contributed by atoms with Crippen LogP contribution in [-0.4, -0.2) is 49.9 Å². The van der Waals surface area contributed by atoms with Crippen molar-refractivity contribution < 1.29 is 28.9 Å². The van der Waals surface area contributed by atoms with Crippen LogP contribution in [0.2, 0.25) is 0 Å². The zero-order chi connectivity index (χ0) is 36.8. The molecule has 0 amide bonds. The van der Waals surface area contributed by atoms with E-state index in [2.05, 4.69) is 81.7 Å². The summed E-state index contributed by atoms with van der Waals surface area (Å²) in [4.78, 5) is 25.4. The second kappa shape index (κ2) is 16.1. The smallest absolute Gasteiger partial charge is 0.337 e. The molecule has 4 aromatic carbocycles. The molecule has 0 saturated heterocycles. The third kappa shape index (κ3) is 8.95. The number of hydrogen-bond donors (Lipinski definition) is 1. The van der Waals surface area contributed by atoms with Crippen LogP contribution in [0.3, 0.4) is 0 Å². The topological polar surface area (TPSA) is 82.1 Å². The average Bonchev–Trinajstić information content (AvgIpc) is 3.13. The van der Waals surface area contributed by atoms with Crippen molar-refractivity contribution in [2.24, 2.45) is 0 Å². The molecule has 6 rings (SSSR count). The Hall–Kier alpha value is -4.76. The number of rotatable bonds is 4. The van der Waals surface area contributed by atoms with Gasteiger partial charge in [0.2, 0.25) is 0 Å². The van der Waals surface area contributed by atoms with Gasteiger partial charge >= 0.3 is 11.9 Å². The summed E-state index contributed by atoms with van der Waals surface area (Å²) in [5, 5.41) is 9.07. The van der Waals surface area contributed by atoms with Crippen LogP contribution in [0, 0.1) is 23.7 Å². The van der Waals surface area contributed by atoms with E-state index in [-0.39, 0.29) is 16.4 Å². The number of hydrogen-bond acceptors (Lipinski definition) is 7. The quantitative estimate of drug-likeness (QED) is 0.165. The first-order valence-electron chi connectivity index (χ1n) is 16.6. The number of carbonyl (C=O) groups excluding carboxylic acids is 1. The predicted molar refractivity (Wildman–Crippen MR) is 206 cm³/mol. The summed E-state index contributed by atoms with van der Waals surface area (Å²) in [7, 11) is 4.45. The van der Waals surface area contributed by atoms with Crippen molar-refractivity contribution in [2.45, 2.75) is 61.2 Å². The van der Waals surface area contributed by atoms with Crippen molar-refractivity contribution >= 4 is 35.5 Å². The number of ether oxygens (including phenoxy) is 3. The molecule has 51 heavy (non-hydrogen) atoms. The third-order valence-corrected chi connectivity index (χ3v) is 11.3. The van der Waals surface area contributed by atoms with E-state index < -0.39 is 11.9 Å². The third-order valence-electron chi connectivity index (χ3n) is 9.14. The van der Waals surface area contributed by atoms with Gasteiger partial charge in [0, 0.05) is 20.9 Å². The van der Waals surface area contributed by atoms with Gasteiger partial charge in [0.15, 0.2) is 0 Å². The number of aromatic carboxylic acids is 1. The fourth-order valence-corrected chi connectivity index (χ4v) is 8.85. The van der Waals surface area contributed by atoms with E-state index in [4.69, 9.17) is 19.3 Å². The predicted octanol–water partition coefficient (Wildman–Crippen LogP) is 9.22. The van der Waals surface area contributed by atoms with Crippen LogP contribution < -0.4 is 9.47 Å². The highest BCUT2D eigenvalue weighted by Crippen LogP contribution is 2.42. The van der Waals surface area contributed by atoms with Crippen LogP contribution in [0.5, 0.6) is 11.5 Å². The van der Waals surface area contributed by atoms with Crippen LogP contribution in [0.1, 0.15) is 94.6 Å². The van der Waals surface area contributed by atoms with Crippen molar-refractivity contribution in [1.29, 1.82) is 0 Å². The van der Waals surface area contributed by atoms with Gasteiger partial charge in [0.25, 0.3) is 0 Å². The van der Waals surface area contributed by atoms with Gasteiger partial charge in [-0.2, -0.15) is 0 Å². The molecule has 2 aliphatic heterocycles. The number of carboxylic acid groups (broad SMARTS) is 1. The van der Waals surface area contributed by atoms with E-state index >= 15 is 0 Å². The fraction of sp³-hybridized carbons (Fsp3) is 0.302. The molecule has 0 atom stereocenters. The zero-order valence-corrected chi connectivity index (χ0v) is 31.7. The molecule has 0 saturated carbocycles. The molecule has 1 N–H and O–H groups in total. The van der Waals surface area contributed by atoms with Gasteiger partial charge in [-0.3, -0.25) is 0 Å². The lowest BCUT2D eigenvalue weighted by atomic mass is 9.81. The minimum Gasteiger partial charge on any atom is -0.495 e. The van der Waals surface area contributed by atoms with E-state index in [1.807, 2.05) is 29.6 Å². The van der Waals surface area contributed by atoms with Gasteiger partial charge < -0.3 is 19.3 Å². The second-order valence-electron chi connectivity index (χ2n) is 13.5. The first-order valence-corrected chi connectivity index (χ1v) is 18.6. The van der Waals surface area contributed by atoms with E-state index in [0.29, 0.717) is 22.6 Å². The molecule has 0 fully saturated rings. The minimum absolute atomic E-state index is 0.166. The number of carboxylic acids is 1. The molecule has 2 heterocycles. The van der Waals surface area contributed by atoms with E-state index in [9.17, 15) is 9.59 Å². The molecule has 0 bridgehead atoms. The Balaban J connectivity index is 0.000000198. The molecule has 6 nitrogen and oxygen atoms in total. The lowest BCUT2D eigenvalue weighted by molar-refractivity contribution is 0.0599. The molecule has 0 aliphatic carbocycles. The lowest BCUT2D eigenvalue weighted by Gasteiger charge is -2.32. The van der Waals surface area contributed by atoms with Gasteiger partial charge in [-0.1, -0.05) is 51.4 Å². The Bertz CT molecular complexity index is 2090. The number of carbonyl (C=O) groups is 2. The Morgan fingerprint density at radius 3 is 1.51 bits per heavy atom. The van der Waals surface area contributed by atoms with Crippen LogP contribution in [-0.2, 0) is 15.6 Å². The molecular formula is C43H42O6S2. The molecule has 0 radical (unpaired) electrons. The van der Waals surface area contributed by atoms with Crippen LogP contribution in [0.4, 0.5) is 0 Å². The monoisotopic (exact) mass is 718 g/mol. The van der Waals surface area contributed by atoms with Gasteiger partial charge in [0.1, 0.15) is 11.5 Å². The number of esters is 1. The molecule has 262 valence electrons. The maximum Gasteiger partial charge on any atom is 0.337 e. The highest BCUT2D eigenvalue weighted by molar-refractivity contribution is 7.99. The fourth-order valence-electron chi connectivity index (χ4n) is 5.87. The molecule has 4 aromatic rings. The standard InChI is InChI=1S/C22H22O3S.C21H20O3S/c1-22(2)11-12-26-20-10-6-15(13-18(20)22)5-7-16-8-9-17(21(23)25-4)14-19(16)24-3;1-21(2)10-11-25-19-9-5-14(12-17(19)21)4-6-15-7-8-16(20(22)23)13-18(15)24-3/h6,8-10,13-14H,11-12H2,1-4H3;5,7-9,12-13H,10-11H2,1-3H3,(H,22,23). The first kappa shape index (κ1) is 37.5. The Kier molecular flexibility index (Phi) is 11.8. The summed E-state index contributed by atoms with van der Waals surface area (Å²) in [5.41, 5.74) is 7.06. The number of fused-ring (bicyclic) bond motifs is 2. The summed E-state index contributed by atoms with van der Waals surface area (Å²) < 4.78 is 15.4. The average molecular weight is 719 g/mol. The summed E-state index contributed by atoms with van der Waals surface area (Å²) >= 11 is 3.82. The maximum atomic E-state index is 11.7.